The van der Waals surface area contributed by atoms with Crippen molar-refractivity contribution in [3.8, 4) is 5.75 Å². The first kappa shape index (κ1) is 7.83. The van der Waals surface area contributed by atoms with Gasteiger partial charge in [0.15, 0.2) is 0 Å². The van der Waals surface area contributed by atoms with Crippen molar-refractivity contribution in [3.05, 3.63) is 23.0 Å². The molecule has 1 aromatic rings. The molecule has 1 aromatic heterocycles. The van der Waals surface area contributed by atoms with Crippen LogP contribution in [0.1, 0.15) is 5.56 Å². The zero-order valence-electron chi connectivity index (χ0n) is 6.51. The van der Waals surface area contributed by atoms with E-state index in [-0.39, 0.29) is 0 Å². The molecule has 0 unspecified atom stereocenters. The van der Waals surface area contributed by atoms with Crippen LogP contribution in [0.2, 0.25) is 5.02 Å². The molecule has 1 aliphatic rings. The van der Waals surface area contributed by atoms with Gasteiger partial charge in [-0.2, -0.15) is 0 Å². The smallest absolute Gasteiger partial charge is 0.145 e. The lowest BCUT2D eigenvalue weighted by molar-refractivity contribution is 0.325. The highest BCUT2D eigenvalue weighted by Crippen LogP contribution is 2.28. The highest BCUT2D eigenvalue weighted by atomic mass is 35.5. The SMILES string of the molecule is Clc1cncc2c1OCCNC2. The number of ether oxygens (including phenoxy) is 1. The summed E-state index contributed by atoms with van der Waals surface area (Å²) < 4.78 is 5.44. The average Bonchev–Trinajstić information content (AvgIpc) is 2.30. The first-order valence-corrected chi connectivity index (χ1v) is 4.21. The quantitative estimate of drug-likeness (QED) is 0.659. The molecular formula is C8H9ClN2O. The van der Waals surface area contributed by atoms with E-state index < -0.39 is 0 Å². The van der Waals surface area contributed by atoms with Gasteiger partial charge in [-0.3, -0.25) is 4.98 Å². The van der Waals surface area contributed by atoms with Crippen LogP contribution in [0.15, 0.2) is 12.4 Å². The third kappa shape index (κ3) is 1.38. The Labute approximate surface area is 75.7 Å². The van der Waals surface area contributed by atoms with Crippen LogP contribution in [0, 0.1) is 0 Å². The Morgan fingerprint density at radius 3 is 3.33 bits per heavy atom. The second-order valence-corrected chi connectivity index (χ2v) is 3.04. The van der Waals surface area contributed by atoms with E-state index in [4.69, 9.17) is 16.3 Å². The van der Waals surface area contributed by atoms with Crippen LogP contribution >= 0.6 is 11.6 Å². The molecule has 1 aliphatic heterocycles. The summed E-state index contributed by atoms with van der Waals surface area (Å²) in [5.74, 6) is 0.775. The maximum absolute atomic E-state index is 5.90. The van der Waals surface area contributed by atoms with Gasteiger partial charge in [0.2, 0.25) is 0 Å². The van der Waals surface area contributed by atoms with E-state index in [2.05, 4.69) is 10.3 Å². The Morgan fingerprint density at radius 1 is 1.50 bits per heavy atom. The van der Waals surface area contributed by atoms with Crippen LogP contribution in [0.4, 0.5) is 0 Å². The molecule has 12 heavy (non-hydrogen) atoms. The highest BCUT2D eigenvalue weighted by Gasteiger charge is 2.11. The number of rotatable bonds is 0. The van der Waals surface area contributed by atoms with E-state index >= 15 is 0 Å². The van der Waals surface area contributed by atoms with Gasteiger partial charge in [0, 0.05) is 31.0 Å². The summed E-state index contributed by atoms with van der Waals surface area (Å²) in [6.45, 7) is 2.30. The zero-order chi connectivity index (χ0) is 8.39. The van der Waals surface area contributed by atoms with Crippen molar-refractivity contribution >= 4 is 11.6 Å². The van der Waals surface area contributed by atoms with E-state index in [9.17, 15) is 0 Å². The standard InChI is InChI=1S/C8H9ClN2O/c9-7-5-11-4-6-3-10-1-2-12-8(6)7/h4-5,10H,1-3H2. The minimum absolute atomic E-state index is 0.594. The maximum atomic E-state index is 5.90. The molecule has 64 valence electrons. The number of aromatic nitrogens is 1. The molecule has 0 spiro atoms. The van der Waals surface area contributed by atoms with E-state index in [0.29, 0.717) is 11.6 Å². The second-order valence-electron chi connectivity index (χ2n) is 2.63. The van der Waals surface area contributed by atoms with Gasteiger partial charge < -0.3 is 10.1 Å². The minimum atomic E-state index is 0.594. The number of hydrogen-bond donors (Lipinski definition) is 1. The van der Waals surface area contributed by atoms with Crippen LogP contribution in [0.5, 0.6) is 5.75 Å². The Hall–Kier alpha value is -0.800. The van der Waals surface area contributed by atoms with Crippen LogP contribution in [-0.2, 0) is 6.54 Å². The predicted octanol–water partition coefficient (Wildman–Crippen LogP) is 1.22. The van der Waals surface area contributed by atoms with E-state index in [1.807, 2.05) is 0 Å². The molecule has 0 fully saturated rings. The maximum Gasteiger partial charge on any atom is 0.145 e. The van der Waals surface area contributed by atoms with Gasteiger partial charge in [0.05, 0.1) is 0 Å². The first-order chi connectivity index (χ1) is 5.88. The summed E-state index contributed by atoms with van der Waals surface area (Å²) in [6.07, 6.45) is 3.38. The average molecular weight is 185 g/mol. The van der Waals surface area contributed by atoms with Crippen molar-refractivity contribution < 1.29 is 4.74 Å². The fourth-order valence-corrected chi connectivity index (χ4v) is 1.43. The van der Waals surface area contributed by atoms with Gasteiger partial charge in [-0.1, -0.05) is 11.6 Å². The first-order valence-electron chi connectivity index (χ1n) is 3.84. The van der Waals surface area contributed by atoms with E-state index in [1.165, 1.54) is 0 Å². The van der Waals surface area contributed by atoms with Crippen molar-refractivity contribution in [2.24, 2.45) is 0 Å². The largest absolute Gasteiger partial charge is 0.490 e. The Kier molecular flexibility index (Phi) is 2.15. The van der Waals surface area contributed by atoms with Gasteiger partial charge in [-0.05, 0) is 0 Å². The lowest BCUT2D eigenvalue weighted by atomic mass is 10.2. The summed E-state index contributed by atoms with van der Waals surface area (Å²) >= 11 is 5.90. The minimum Gasteiger partial charge on any atom is -0.490 e. The molecule has 0 bridgehead atoms. The van der Waals surface area contributed by atoms with Crippen molar-refractivity contribution in [3.63, 3.8) is 0 Å². The number of fused-ring (bicyclic) bond motifs is 1. The second kappa shape index (κ2) is 3.29. The molecule has 0 saturated carbocycles. The van der Waals surface area contributed by atoms with Gasteiger partial charge in [0.25, 0.3) is 0 Å². The van der Waals surface area contributed by atoms with Gasteiger partial charge in [0.1, 0.15) is 17.4 Å². The monoisotopic (exact) mass is 184 g/mol. The van der Waals surface area contributed by atoms with Gasteiger partial charge in [-0.15, -0.1) is 0 Å². The Bertz CT molecular complexity index is 290. The van der Waals surface area contributed by atoms with Crippen LogP contribution in [-0.4, -0.2) is 18.1 Å². The topological polar surface area (TPSA) is 34.1 Å². The van der Waals surface area contributed by atoms with E-state index in [1.54, 1.807) is 12.4 Å². The number of pyridine rings is 1. The molecule has 3 nitrogen and oxygen atoms in total. The van der Waals surface area contributed by atoms with Crippen molar-refractivity contribution in [2.45, 2.75) is 6.54 Å². The molecular weight excluding hydrogens is 176 g/mol. The lowest BCUT2D eigenvalue weighted by Gasteiger charge is -2.06. The van der Waals surface area contributed by atoms with Crippen LogP contribution < -0.4 is 10.1 Å². The summed E-state index contributed by atoms with van der Waals surface area (Å²) in [7, 11) is 0. The van der Waals surface area contributed by atoms with Gasteiger partial charge >= 0.3 is 0 Å². The van der Waals surface area contributed by atoms with Gasteiger partial charge in [-0.25, -0.2) is 0 Å². The van der Waals surface area contributed by atoms with Crippen molar-refractivity contribution in [1.82, 2.24) is 10.3 Å². The zero-order valence-corrected chi connectivity index (χ0v) is 7.27. The molecule has 2 heterocycles. The molecule has 0 atom stereocenters. The lowest BCUT2D eigenvalue weighted by Crippen LogP contribution is -2.16. The summed E-state index contributed by atoms with van der Waals surface area (Å²) in [5, 5.41) is 3.80. The number of nitrogens with zero attached hydrogens (tertiary/aromatic N) is 1. The molecule has 2 rings (SSSR count). The molecule has 0 amide bonds. The van der Waals surface area contributed by atoms with Crippen LogP contribution in [0.25, 0.3) is 0 Å². The predicted molar refractivity (Wildman–Crippen MR) is 46.4 cm³/mol. The normalized spacial score (nSPS) is 16.1. The molecule has 4 heteroatoms. The van der Waals surface area contributed by atoms with Crippen molar-refractivity contribution in [2.75, 3.05) is 13.2 Å². The third-order valence-corrected chi connectivity index (χ3v) is 2.04. The molecule has 0 aliphatic carbocycles. The fourth-order valence-electron chi connectivity index (χ4n) is 1.20. The molecule has 0 radical (unpaired) electrons. The Balaban J connectivity index is 2.42. The third-order valence-electron chi connectivity index (χ3n) is 1.77. The summed E-state index contributed by atoms with van der Waals surface area (Å²) in [4.78, 5) is 3.99. The van der Waals surface area contributed by atoms with Crippen LogP contribution in [0.3, 0.4) is 0 Å². The molecule has 1 N–H and O–H groups in total. The summed E-state index contributed by atoms with van der Waals surface area (Å²) in [6, 6.07) is 0. The Morgan fingerprint density at radius 2 is 2.42 bits per heavy atom. The summed E-state index contributed by atoms with van der Waals surface area (Å²) in [5.41, 5.74) is 1.03. The number of nitrogens with one attached hydrogen (secondary N) is 1. The highest BCUT2D eigenvalue weighted by molar-refractivity contribution is 6.32. The molecule has 0 aromatic carbocycles. The fraction of sp³-hybridized carbons (Fsp3) is 0.375. The van der Waals surface area contributed by atoms with Crippen molar-refractivity contribution in [1.29, 1.82) is 0 Å². The molecule has 0 saturated heterocycles. The number of halogens is 1. The van der Waals surface area contributed by atoms with E-state index in [0.717, 1.165) is 24.4 Å². The number of hydrogen-bond acceptors (Lipinski definition) is 3.